The van der Waals surface area contributed by atoms with E-state index in [1.54, 1.807) is 6.92 Å². The Morgan fingerprint density at radius 1 is 1.25 bits per heavy atom. The van der Waals surface area contributed by atoms with Gasteiger partial charge in [-0.15, -0.1) is 0 Å². The first-order chi connectivity index (χ1) is 5.70. The van der Waals surface area contributed by atoms with Crippen molar-refractivity contribution >= 4 is 5.78 Å². The highest BCUT2D eigenvalue weighted by Gasteiger charge is 2.43. The fourth-order valence-electron chi connectivity index (χ4n) is 2.21. The Morgan fingerprint density at radius 3 is 2.25 bits per heavy atom. The van der Waals surface area contributed by atoms with E-state index in [0.29, 0.717) is 0 Å². The third kappa shape index (κ3) is 1.60. The highest BCUT2D eigenvalue weighted by Crippen LogP contribution is 2.56. The van der Waals surface area contributed by atoms with Crippen LogP contribution in [0.1, 0.15) is 45.4 Å². The SMILES string of the molecule is CC(=O)C=C1CCC2(CC1)CC2. The summed E-state index contributed by atoms with van der Waals surface area (Å²) in [6.07, 6.45) is 9.77. The lowest BCUT2D eigenvalue weighted by molar-refractivity contribution is -0.112. The van der Waals surface area contributed by atoms with E-state index < -0.39 is 0 Å². The molecule has 1 nitrogen and oxygen atoms in total. The maximum atomic E-state index is 10.8. The van der Waals surface area contributed by atoms with E-state index in [1.807, 2.05) is 6.08 Å². The third-order valence-electron chi connectivity index (χ3n) is 3.32. The van der Waals surface area contributed by atoms with Gasteiger partial charge in [-0.25, -0.2) is 0 Å². The van der Waals surface area contributed by atoms with Crippen LogP contribution >= 0.6 is 0 Å². The van der Waals surface area contributed by atoms with Gasteiger partial charge in [-0.05, 0) is 56.9 Å². The summed E-state index contributed by atoms with van der Waals surface area (Å²) < 4.78 is 0. The van der Waals surface area contributed by atoms with E-state index in [0.717, 1.165) is 5.41 Å². The predicted octanol–water partition coefficient (Wildman–Crippen LogP) is 2.86. The molecular weight excluding hydrogens is 148 g/mol. The summed E-state index contributed by atoms with van der Waals surface area (Å²) >= 11 is 0. The molecule has 12 heavy (non-hydrogen) atoms. The van der Waals surface area contributed by atoms with Crippen molar-refractivity contribution in [3.63, 3.8) is 0 Å². The highest BCUT2D eigenvalue weighted by atomic mass is 16.1. The van der Waals surface area contributed by atoms with Crippen LogP contribution in [0.15, 0.2) is 11.6 Å². The van der Waals surface area contributed by atoms with Gasteiger partial charge in [-0.2, -0.15) is 0 Å². The molecule has 0 aromatic heterocycles. The van der Waals surface area contributed by atoms with Crippen LogP contribution in [0, 0.1) is 5.41 Å². The summed E-state index contributed by atoms with van der Waals surface area (Å²) in [5.74, 6) is 0.219. The van der Waals surface area contributed by atoms with E-state index in [1.165, 1.54) is 44.1 Å². The average molecular weight is 164 g/mol. The molecule has 0 unspecified atom stereocenters. The molecule has 1 spiro atoms. The van der Waals surface area contributed by atoms with Gasteiger partial charge in [-0.1, -0.05) is 5.57 Å². The molecule has 0 radical (unpaired) electrons. The van der Waals surface area contributed by atoms with E-state index in [2.05, 4.69) is 0 Å². The molecular formula is C11H16O. The molecule has 2 aliphatic rings. The zero-order chi connectivity index (χ0) is 8.60. The van der Waals surface area contributed by atoms with Gasteiger partial charge < -0.3 is 0 Å². The Bertz CT molecular complexity index is 221. The molecule has 0 aromatic carbocycles. The summed E-state index contributed by atoms with van der Waals surface area (Å²) in [7, 11) is 0. The first-order valence-electron chi connectivity index (χ1n) is 4.90. The lowest BCUT2D eigenvalue weighted by Gasteiger charge is -2.22. The molecule has 0 aromatic rings. The normalized spacial score (nSPS) is 25.6. The Labute approximate surface area is 73.8 Å². The van der Waals surface area contributed by atoms with Crippen LogP contribution in [0.3, 0.4) is 0 Å². The van der Waals surface area contributed by atoms with Gasteiger partial charge in [0, 0.05) is 0 Å². The number of carbonyl (C=O) groups is 1. The van der Waals surface area contributed by atoms with Crippen molar-refractivity contribution in [3.05, 3.63) is 11.6 Å². The van der Waals surface area contributed by atoms with Crippen molar-refractivity contribution in [1.82, 2.24) is 0 Å². The molecule has 1 heteroatoms. The molecule has 2 saturated carbocycles. The van der Waals surface area contributed by atoms with Gasteiger partial charge in [-0.3, -0.25) is 4.79 Å². The smallest absolute Gasteiger partial charge is 0.152 e. The van der Waals surface area contributed by atoms with Crippen LogP contribution in [-0.2, 0) is 4.79 Å². The molecule has 0 amide bonds. The Kier molecular flexibility index (Phi) is 1.82. The van der Waals surface area contributed by atoms with Gasteiger partial charge in [0.25, 0.3) is 0 Å². The number of ketones is 1. The number of hydrogen-bond donors (Lipinski definition) is 0. The van der Waals surface area contributed by atoms with E-state index >= 15 is 0 Å². The Hall–Kier alpha value is -0.590. The van der Waals surface area contributed by atoms with Crippen LogP contribution in [0.25, 0.3) is 0 Å². The Balaban J connectivity index is 1.93. The minimum absolute atomic E-state index is 0.219. The van der Waals surface area contributed by atoms with Crippen LogP contribution in [0.5, 0.6) is 0 Å². The zero-order valence-electron chi connectivity index (χ0n) is 7.73. The molecule has 0 aliphatic heterocycles. The fraction of sp³-hybridized carbons (Fsp3) is 0.727. The summed E-state index contributed by atoms with van der Waals surface area (Å²) in [4.78, 5) is 10.8. The topological polar surface area (TPSA) is 17.1 Å². The van der Waals surface area contributed by atoms with E-state index in [9.17, 15) is 4.79 Å². The summed E-state index contributed by atoms with van der Waals surface area (Å²) in [5, 5.41) is 0. The summed E-state index contributed by atoms with van der Waals surface area (Å²) in [6, 6.07) is 0. The third-order valence-corrected chi connectivity index (χ3v) is 3.32. The lowest BCUT2D eigenvalue weighted by Crippen LogP contribution is -2.08. The second-order valence-electron chi connectivity index (χ2n) is 4.41. The van der Waals surface area contributed by atoms with Gasteiger partial charge in [0.15, 0.2) is 5.78 Å². The van der Waals surface area contributed by atoms with E-state index in [-0.39, 0.29) is 5.78 Å². The fourth-order valence-corrected chi connectivity index (χ4v) is 2.21. The molecule has 66 valence electrons. The van der Waals surface area contributed by atoms with Gasteiger partial charge >= 0.3 is 0 Å². The highest BCUT2D eigenvalue weighted by molar-refractivity contribution is 5.87. The molecule has 0 N–H and O–H groups in total. The quantitative estimate of drug-likeness (QED) is 0.545. The maximum Gasteiger partial charge on any atom is 0.152 e. The van der Waals surface area contributed by atoms with Crippen LogP contribution in [0.4, 0.5) is 0 Å². The standard InChI is InChI=1S/C11H16O/c1-9(12)8-10-2-4-11(5-3-10)6-7-11/h8H,2-7H2,1H3. The molecule has 0 bridgehead atoms. The van der Waals surface area contributed by atoms with E-state index in [4.69, 9.17) is 0 Å². The number of carbonyl (C=O) groups excluding carboxylic acids is 1. The minimum Gasteiger partial charge on any atom is -0.295 e. The monoisotopic (exact) mass is 164 g/mol. The Morgan fingerprint density at radius 2 is 1.83 bits per heavy atom. The van der Waals surface area contributed by atoms with Gasteiger partial charge in [0.1, 0.15) is 0 Å². The maximum absolute atomic E-state index is 10.8. The van der Waals surface area contributed by atoms with Crippen molar-refractivity contribution in [1.29, 1.82) is 0 Å². The molecule has 2 fully saturated rings. The molecule has 0 saturated heterocycles. The summed E-state index contributed by atoms with van der Waals surface area (Å²) in [5.41, 5.74) is 2.13. The van der Waals surface area contributed by atoms with Crippen LogP contribution in [0.2, 0.25) is 0 Å². The minimum atomic E-state index is 0.219. The number of hydrogen-bond acceptors (Lipinski definition) is 1. The molecule has 2 aliphatic carbocycles. The second kappa shape index (κ2) is 2.72. The van der Waals surface area contributed by atoms with Gasteiger partial charge in [0.2, 0.25) is 0 Å². The lowest BCUT2D eigenvalue weighted by atomic mass is 9.83. The van der Waals surface area contributed by atoms with Crippen molar-refractivity contribution < 1.29 is 4.79 Å². The largest absolute Gasteiger partial charge is 0.295 e. The molecule has 2 rings (SSSR count). The number of rotatable bonds is 1. The van der Waals surface area contributed by atoms with Crippen molar-refractivity contribution in [2.75, 3.05) is 0 Å². The first-order valence-corrected chi connectivity index (χ1v) is 4.90. The van der Waals surface area contributed by atoms with Crippen molar-refractivity contribution in [2.45, 2.75) is 45.4 Å². The van der Waals surface area contributed by atoms with Crippen LogP contribution < -0.4 is 0 Å². The van der Waals surface area contributed by atoms with Crippen molar-refractivity contribution in [3.8, 4) is 0 Å². The predicted molar refractivity (Wildman–Crippen MR) is 48.9 cm³/mol. The number of allylic oxidation sites excluding steroid dienone is 2. The first kappa shape index (κ1) is 8.03. The molecule has 0 atom stereocenters. The summed E-state index contributed by atoms with van der Waals surface area (Å²) in [6.45, 7) is 1.65. The zero-order valence-corrected chi connectivity index (χ0v) is 7.73. The van der Waals surface area contributed by atoms with Gasteiger partial charge in [0.05, 0.1) is 0 Å². The molecule has 0 heterocycles. The van der Waals surface area contributed by atoms with Crippen LogP contribution in [-0.4, -0.2) is 5.78 Å². The second-order valence-corrected chi connectivity index (χ2v) is 4.41. The van der Waals surface area contributed by atoms with Crippen molar-refractivity contribution in [2.24, 2.45) is 5.41 Å². The average Bonchev–Trinajstić information content (AvgIpc) is 2.75.